The first-order valence-corrected chi connectivity index (χ1v) is 17.7. The summed E-state index contributed by atoms with van der Waals surface area (Å²) in [4.78, 5) is 43.7. The molecular weight excluding hydrogens is 786 g/mol. The van der Waals surface area contributed by atoms with Gasteiger partial charge in [0.15, 0.2) is 0 Å². The normalized spacial score (nSPS) is 11.0. The predicted molar refractivity (Wildman–Crippen MR) is 214 cm³/mol. The van der Waals surface area contributed by atoms with E-state index in [1.807, 2.05) is 12.1 Å². The molecule has 6 aromatic rings. The molecule has 23 heteroatoms. The first-order chi connectivity index (χ1) is 24.8. The molecule has 270 valence electrons. The Labute approximate surface area is 379 Å². The van der Waals surface area contributed by atoms with Crippen LogP contribution in [0.5, 0.6) is 0 Å². The summed E-state index contributed by atoms with van der Waals surface area (Å²) < 4.78 is 69.6. The van der Waals surface area contributed by atoms with Crippen LogP contribution in [0, 0.1) is 0 Å². The number of aromatic nitrogens is 6. The maximum absolute atomic E-state index is 12.4. The molecule has 6 rings (SSSR count). The van der Waals surface area contributed by atoms with Crippen molar-refractivity contribution in [1.29, 1.82) is 0 Å². The van der Waals surface area contributed by atoms with Crippen LogP contribution in [0.15, 0.2) is 116 Å². The summed E-state index contributed by atoms with van der Waals surface area (Å²) in [6.45, 7) is 0. The molecule has 18 nitrogen and oxygen atoms in total. The number of anilines is 8. The van der Waals surface area contributed by atoms with Gasteiger partial charge in [-0.05, 0) is 59.7 Å². The SMILES string of the molecule is O=c1nc(Nc2ccccc2)[nH]c(Nc2ccc(C=Cc3ccc(Nc4nc(=O)nc(Nc5ccccc5)[nH]4)cc3S(=O)(=O)O)c(S(=O)(=O)O)c2)n1.[NaH].[NaH].[NaH]. The molecule has 55 heavy (non-hydrogen) atoms. The summed E-state index contributed by atoms with van der Waals surface area (Å²) in [5.74, 6) is -0.0861. The van der Waals surface area contributed by atoms with Crippen LogP contribution < -0.4 is 32.6 Å². The molecule has 0 bridgehead atoms. The zero-order valence-corrected chi connectivity index (χ0v) is 28.0. The second-order valence-electron chi connectivity index (χ2n) is 10.7. The monoisotopic (exact) mass is 814 g/mol. The molecule has 4 aromatic carbocycles. The van der Waals surface area contributed by atoms with Gasteiger partial charge in [-0.2, -0.15) is 36.8 Å². The molecule has 2 heterocycles. The van der Waals surface area contributed by atoms with E-state index in [-0.39, 0.29) is 135 Å². The van der Waals surface area contributed by atoms with Crippen LogP contribution in [0.2, 0.25) is 0 Å². The van der Waals surface area contributed by atoms with Crippen LogP contribution in [0.3, 0.4) is 0 Å². The molecule has 0 amide bonds. The summed E-state index contributed by atoms with van der Waals surface area (Å²) >= 11 is 0. The summed E-state index contributed by atoms with van der Waals surface area (Å²) in [5.41, 5.74) is -0.355. The fraction of sp³-hybridized carbons (Fsp3) is 0. The maximum atomic E-state index is 12.4. The molecule has 0 spiro atoms. The van der Waals surface area contributed by atoms with E-state index < -0.39 is 41.4 Å². The summed E-state index contributed by atoms with van der Waals surface area (Å²) in [5, 5.41) is 11.3. The Morgan fingerprint density at radius 3 is 1.09 bits per heavy atom. The number of rotatable bonds is 12. The number of H-pyrrole nitrogens is 2. The molecule has 0 atom stereocenters. The number of hydrogen-bond acceptors (Lipinski definition) is 14. The Kier molecular flexibility index (Phi) is 16.5. The van der Waals surface area contributed by atoms with Gasteiger partial charge in [0.25, 0.3) is 20.2 Å². The molecule has 0 fully saturated rings. The van der Waals surface area contributed by atoms with Crippen LogP contribution in [0.25, 0.3) is 12.2 Å². The zero-order chi connectivity index (χ0) is 36.9. The van der Waals surface area contributed by atoms with E-state index in [1.165, 1.54) is 36.4 Å². The van der Waals surface area contributed by atoms with E-state index in [2.05, 4.69) is 51.2 Å². The van der Waals surface area contributed by atoms with Gasteiger partial charge in [0.2, 0.25) is 23.8 Å². The van der Waals surface area contributed by atoms with Gasteiger partial charge in [-0.3, -0.25) is 19.1 Å². The number of nitrogens with one attached hydrogen (secondary N) is 6. The average molecular weight is 815 g/mol. The topological polar surface area (TPSA) is 274 Å². The quantitative estimate of drug-likeness (QED) is 0.0500. The van der Waals surface area contributed by atoms with Gasteiger partial charge in [0, 0.05) is 22.7 Å². The summed E-state index contributed by atoms with van der Waals surface area (Å²) in [6, 6.07) is 25.3. The zero-order valence-electron chi connectivity index (χ0n) is 26.3. The molecule has 0 aliphatic heterocycles. The van der Waals surface area contributed by atoms with E-state index in [0.717, 1.165) is 12.1 Å². The minimum absolute atomic E-state index is 0. The van der Waals surface area contributed by atoms with Crippen LogP contribution in [-0.4, -0.2) is 145 Å². The van der Waals surface area contributed by atoms with E-state index in [0.29, 0.717) is 11.4 Å². The van der Waals surface area contributed by atoms with Crippen molar-refractivity contribution >= 4 is 168 Å². The van der Waals surface area contributed by atoms with Crippen molar-refractivity contribution in [3.63, 3.8) is 0 Å². The Morgan fingerprint density at radius 2 is 0.782 bits per heavy atom. The second-order valence-corrected chi connectivity index (χ2v) is 13.5. The van der Waals surface area contributed by atoms with Crippen molar-refractivity contribution < 1.29 is 25.9 Å². The minimum atomic E-state index is -4.85. The summed E-state index contributed by atoms with van der Waals surface area (Å²) in [7, 11) is -9.70. The third-order valence-electron chi connectivity index (χ3n) is 6.93. The van der Waals surface area contributed by atoms with Crippen molar-refractivity contribution in [1.82, 2.24) is 29.9 Å². The molecule has 2 aromatic heterocycles. The number of aromatic amines is 2. The summed E-state index contributed by atoms with van der Waals surface area (Å²) in [6.07, 6.45) is 2.42. The Morgan fingerprint density at radius 1 is 0.473 bits per heavy atom. The third kappa shape index (κ3) is 12.9. The van der Waals surface area contributed by atoms with E-state index in [4.69, 9.17) is 0 Å². The third-order valence-corrected chi connectivity index (χ3v) is 8.75. The molecule has 0 aliphatic carbocycles. The van der Waals surface area contributed by atoms with E-state index in [9.17, 15) is 35.5 Å². The number of para-hydroxylation sites is 2. The van der Waals surface area contributed by atoms with Gasteiger partial charge in [0.1, 0.15) is 9.79 Å². The first-order valence-electron chi connectivity index (χ1n) is 14.8. The fourth-order valence-corrected chi connectivity index (χ4v) is 6.14. The van der Waals surface area contributed by atoms with E-state index >= 15 is 0 Å². The van der Waals surface area contributed by atoms with Crippen molar-refractivity contribution in [2.75, 3.05) is 21.3 Å². The van der Waals surface area contributed by atoms with Gasteiger partial charge < -0.3 is 21.3 Å². The molecular formula is C32H29N10Na3O8S2. The van der Waals surface area contributed by atoms with Gasteiger partial charge in [-0.25, -0.2) is 9.59 Å². The van der Waals surface area contributed by atoms with Crippen molar-refractivity contribution in [3.8, 4) is 0 Å². The van der Waals surface area contributed by atoms with Crippen molar-refractivity contribution in [2.45, 2.75) is 9.79 Å². The van der Waals surface area contributed by atoms with Gasteiger partial charge in [0.05, 0.1) is 0 Å². The van der Waals surface area contributed by atoms with Crippen LogP contribution in [0.1, 0.15) is 11.1 Å². The van der Waals surface area contributed by atoms with Crippen LogP contribution >= 0.6 is 0 Å². The molecule has 0 aliphatic rings. The van der Waals surface area contributed by atoms with Crippen LogP contribution in [0.4, 0.5) is 46.5 Å². The molecule has 0 saturated carbocycles. The fourth-order valence-electron chi connectivity index (χ4n) is 4.72. The Hall–Kier alpha value is -3.74. The van der Waals surface area contributed by atoms with Gasteiger partial charge in [-0.15, -0.1) is 0 Å². The average Bonchev–Trinajstić information content (AvgIpc) is 3.07. The molecule has 0 radical (unpaired) electrons. The predicted octanol–water partition coefficient (Wildman–Crippen LogP) is 2.34. The Bertz CT molecular complexity index is 2470. The number of hydrogen-bond donors (Lipinski definition) is 8. The first kappa shape index (κ1) is 45.6. The molecule has 0 unspecified atom stereocenters. The number of nitrogens with zero attached hydrogens (tertiary/aromatic N) is 4. The molecule has 0 saturated heterocycles. The Balaban J connectivity index is 0.00000271. The van der Waals surface area contributed by atoms with Gasteiger partial charge >= 0.3 is 100 Å². The second kappa shape index (κ2) is 19.9. The van der Waals surface area contributed by atoms with Crippen LogP contribution in [-0.2, 0) is 20.2 Å². The van der Waals surface area contributed by atoms with Crippen molar-refractivity contribution in [3.05, 3.63) is 129 Å². The van der Waals surface area contributed by atoms with Gasteiger partial charge in [-0.1, -0.05) is 60.7 Å². The standard InChI is InChI=1S/C32H26N10O8S2.3Na.3H/c43-31-39-27(33-21-7-3-1-4-8-21)37-29(41-31)35-23-15-13-19(25(17-23)51(45,46)47)11-12-20-14-16-24(18-26(20)52(48,49)50)36-30-38-28(40-32(44)42-30)34-22-9-5-2-6-10-22;;;;;;/h1-18H,(H,45,46,47)(H,48,49,50)(H3,33,35,37,39,41,43)(H3,34,36,38,40,42,44);;;;;;. The van der Waals surface area contributed by atoms with Crippen molar-refractivity contribution in [2.24, 2.45) is 0 Å². The molecule has 8 N–H and O–H groups in total. The number of benzene rings is 4. The van der Waals surface area contributed by atoms with E-state index in [1.54, 1.807) is 48.5 Å².